The standard InChI is InChI=1S/C17H31NO/c1-4-6-8-10-13-17(3,14-11-9-7-5-2)16-12-15-19-18-16/h12,15H,4-11,13-14H2,1-3H3. The predicted molar refractivity (Wildman–Crippen MR) is 81.4 cm³/mol. The summed E-state index contributed by atoms with van der Waals surface area (Å²) in [7, 11) is 0. The molecular weight excluding hydrogens is 234 g/mol. The van der Waals surface area contributed by atoms with E-state index in [0.717, 1.165) is 5.69 Å². The van der Waals surface area contributed by atoms with Gasteiger partial charge in [0.15, 0.2) is 0 Å². The normalized spacial score (nSPS) is 11.9. The van der Waals surface area contributed by atoms with Crippen LogP contribution in [0.3, 0.4) is 0 Å². The number of unbranched alkanes of at least 4 members (excludes halogenated alkanes) is 6. The van der Waals surface area contributed by atoms with Gasteiger partial charge in [0.05, 0.1) is 5.69 Å². The Morgan fingerprint density at radius 3 is 1.95 bits per heavy atom. The smallest absolute Gasteiger partial charge is 0.124 e. The van der Waals surface area contributed by atoms with Crippen molar-refractivity contribution < 1.29 is 4.52 Å². The summed E-state index contributed by atoms with van der Waals surface area (Å²) in [5.41, 5.74) is 1.37. The Labute approximate surface area is 119 Å². The summed E-state index contributed by atoms with van der Waals surface area (Å²) >= 11 is 0. The van der Waals surface area contributed by atoms with Crippen molar-refractivity contribution >= 4 is 0 Å². The lowest BCUT2D eigenvalue weighted by Gasteiger charge is -2.27. The van der Waals surface area contributed by atoms with Crippen LogP contribution in [0.5, 0.6) is 0 Å². The summed E-state index contributed by atoms with van der Waals surface area (Å²) in [6.45, 7) is 6.89. The molecule has 0 amide bonds. The van der Waals surface area contributed by atoms with Crippen molar-refractivity contribution in [3.05, 3.63) is 18.0 Å². The predicted octanol–water partition coefficient (Wildman–Crippen LogP) is 5.87. The Bertz CT molecular complexity index is 293. The van der Waals surface area contributed by atoms with Crippen LogP contribution in [0.1, 0.15) is 90.7 Å². The fraction of sp³-hybridized carbons (Fsp3) is 0.824. The molecule has 0 aliphatic rings. The second-order valence-corrected chi connectivity index (χ2v) is 6.07. The average Bonchev–Trinajstić information content (AvgIpc) is 2.95. The second kappa shape index (κ2) is 9.17. The van der Waals surface area contributed by atoms with Crippen molar-refractivity contribution in [1.82, 2.24) is 5.16 Å². The monoisotopic (exact) mass is 265 g/mol. The number of hydrogen-bond donors (Lipinski definition) is 0. The maximum Gasteiger partial charge on any atom is 0.124 e. The van der Waals surface area contributed by atoms with Crippen LogP contribution in [0, 0.1) is 0 Å². The third-order valence-corrected chi connectivity index (χ3v) is 4.22. The van der Waals surface area contributed by atoms with Gasteiger partial charge in [-0.05, 0) is 12.8 Å². The highest BCUT2D eigenvalue weighted by atomic mass is 16.5. The largest absolute Gasteiger partial charge is 0.364 e. The van der Waals surface area contributed by atoms with Crippen LogP contribution in [0.25, 0.3) is 0 Å². The highest BCUT2D eigenvalue weighted by Gasteiger charge is 2.28. The quantitative estimate of drug-likeness (QED) is 0.467. The molecule has 0 aliphatic heterocycles. The molecule has 0 aliphatic carbocycles. The minimum Gasteiger partial charge on any atom is -0.364 e. The summed E-state index contributed by atoms with van der Waals surface area (Å²) in [4.78, 5) is 0. The van der Waals surface area contributed by atoms with Crippen LogP contribution >= 0.6 is 0 Å². The third-order valence-electron chi connectivity index (χ3n) is 4.22. The van der Waals surface area contributed by atoms with Crippen molar-refractivity contribution in [2.75, 3.05) is 0 Å². The van der Waals surface area contributed by atoms with Gasteiger partial charge in [-0.2, -0.15) is 0 Å². The molecule has 0 atom stereocenters. The zero-order valence-electron chi connectivity index (χ0n) is 13.1. The molecule has 2 nitrogen and oxygen atoms in total. The number of nitrogens with zero attached hydrogens (tertiary/aromatic N) is 1. The Balaban J connectivity index is 2.47. The van der Waals surface area contributed by atoms with E-state index in [0.29, 0.717) is 0 Å². The molecule has 0 saturated carbocycles. The second-order valence-electron chi connectivity index (χ2n) is 6.07. The first-order valence-electron chi connectivity index (χ1n) is 8.14. The Hall–Kier alpha value is -0.790. The average molecular weight is 265 g/mol. The number of aromatic nitrogens is 1. The molecule has 2 heteroatoms. The summed E-state index contributed by atoms with van der Waals surface area (Å²) in [5.74, 6) is 0. The van der Waals surface area contributed by atoms with Crippen LogP contribution in [-0.2, 0) is 5.41 Å². The first kappa shape index (κ1) is 16.3. The highest BCUT2D eigenvalue weighted by molar-refractivity contribution is 5.11. The molecule has 0 saturated heterocycles. The molecular formula is C17H31NO. The fourth-order valence-electron chi connectivity index (χ4n) is 2.79. The lowest BCUT2D eigenvalue weighted by molar-refractivity contribution is 0.326. The Morgan fingerprint density at radius 1 is 0.947 bits per heavy atom. The first-order chi connectivity index (χ1) is 9.23. The van der Waals surface area contributed by atoms with Gasteiger partial charge < -0.3 is 4.52 Å². The van der Waals surface area contributed by atoms with E-state index in [1.165, 1.54) is 64.2 Å². The number of hydrogen-bond acceptors (Lipinski definition) is 2. The van der Waals surface area contributed by atoms with Gasteiger partial charge in [0.1, 0.15) is 6.26 Å². The van der Waals surface area contributed by atoms with Crippen molar-refractivity contribution in [3.63, 3.8) is 0 Å². The molecule has 0 radical (unpaired) electrons. The lowest BCUT2D eigenvalue weighted by atomic mass is 9.77. The Morgan fingerprint density at radius 2 is 1.53 bits per heavy atom. The molecule has 1 aromatic rings. The fourth-order valence-corrected chi connectivity index (χ4v) is 2.79. The van der Waals surface area contributed by atoms with Gasteiger partial charge in [0.25, 0.3) is 0 Å². The van der Waals surface area contributed by atoms with Crippen LogP contribution < -0.4 is 0 Å². The molecule has 1 heterocycles. The zero-order valence-corrected chi connectivity index (χ0v) is 13.1. The maximum atomic E-state index is 5.07. The molecule has 0 unspecified atom stereocenters. The van der Waals surface area contributed by atoms with Gasteiger partial charge in [-0.3, -0.25) is 0 Å². The SMILES string of the molecule is CCCCCCC(C)(CCCCCC)c1ccon1. The van der Waals surface area contributed by atoms with E-state index in [-0.39, 0.29) is 5.41 Å². The summed E-state index contributed by atoms with van der Waals surface area (Å²) < 4.78 is 5.07. The molecule has 0 spiro atoms. The van der Waals surface area contributed by atoms with E-state index in [1.807, 2.05) is 0 Å². The van der Waals surface area contributed by atoms with E-state index < -0.39 is 0 Å². The van der Waals surface area contributed by atoms with Gasteiger partial charge in [0, 0.05) is 11.5 Å². The molecule has 1 aromatic heterocycles. The van der Waals surface area contributed by atoms with Crippen LogP contribution in [0.4, 0.5) is 0 Å². The van der Waals surface area contributed by atoms with E-state index in [4.69, 9.17) is 4.52 Å². The van der Waals surface area contributed by atoms with Gasteiger partial charge in [-0.25, -0.2) is 0 Å². The third kappa shape index (κ3) is 5.80. The molecule has 0 N–H and O–H groups in total. The zero-order chi connectivity index (χ0) is 14.0. The first-order valence-corrected chi connectivity index (χ1v) is 8.14. The molecule has 0 fully saturated rings. The Kier molecular flexibility index (Phi) is 7.85. The summed E-state index contributed by atoms with van der Waals surface area (Å²) in [6, 6.07) is 2.06. The van der Waals surface area contributed by atoms with E-state index in [1.54, 1.807) is 6.26 Å². The lowest BCUT2D eigenvalue weighted by Crippen LogP contribution is -2.22. The number of rotatable bonds is 11. The molecule has 19 heavy (non-hydrogen) atoms. The van der Waals surface area contributed by atoms with Crippen LogP contribution in [-0.4, -0.2) is 5.16 Å². The molecule has 0 bridgehead atoms. The molecule has 1 rings (SSSR count). The van der Waals surface area contributed by atoms with Gasteiger partial charge in [0.2, 0.25) is 0 Å². The van der Waals surface area contributed by atoms with E-state index >= 15 is 0 Å². The highest BCUT2D eigenvalue weighted by Crippen LogP contribution is 2.34. The summed E-state index contributed by atoms with van der Waals surface area (Å²) in [6.07, 6.45) is 14.8. The van der Waals surface area contributed by atoms with E-state index in [2.05, 4.69) is 32.0 Å². The minimum atomic E-state index is 0.217. The van der Waals surface area contributed by atoms with Crippen molar-refractivity contribution in [2.45, 2.75) is 90.4 Å². The molecule has 110 valence electrons. The van der Waals surface area contributed by atoms with Gasteiger partial charge in [-0.15, -0.1) is 0 Å². The minimum absolute atomic E-state index is 0.217. The van der Waals surface area contributed by atoms with Crippen molar-refractivity contribution in [3.8, 4) is 0 Å². The van der Waals surface area contributed by atoms with Crippen molar-refractivity contribution in [1.29, 1.82) is 0 Å². The van der Waals surface area contributed by atoms with Crippen LogP contribution in [0.15, 0.2) is 16.9 Å². The topological polar surface area (TPSA) is 26.0 Å². The van der Waals surface area contributed by atoms with Crippen molar-refractivity contribution in [2.24, 2.45) is 0 Å². The maximum absolute atomic E-state index is 5.07. The molecule has 0 aromatic carbocycles. The van der Waals surface area contributed by atoms with Crippen LogP contribution in [0.2, 0.25) is 0 Å². The van der Waals surface area contributed by atoms with E-state index in [9.17, 15) is 0 Å². The van der Waals surface area contributed by atoms with Gasteiger partial charge >= 0.3 is 0 Å². The summed E-state index contributed by atoms with van der Waals surface area (Å²) in [5, 5.41) is 4.21. The van der Waals surface area contributed by atoms with Gasteiger partial charge in [-0.1, -0.05) is 77.3 Å².